The molecule has 0 aliphatic carbocycles. The van der Waals surface area contributed by atoms with Crippen LogP contribution in [0.1, 0.15) is 6.92 Å². The summed E-state index contributed by atoms with van der Waals surface area (Å²) in [5.74, 6) is -0.708. The average Bonchev–Trinajstić information content (AvgIpc) is 2.15. The minimum Gasteiger partial charge on any atom is -0.480 e. The SMILES string of the molecule is C[C@H]1[C@@H](C(=O)O)N1C. The lowest BCUT2D eigenvalue weighted by molar-refractivity contribution is -0.137. The number of carbonyl (C=O) groups is 1. The maximum absolute atomic E-state index is 10.1. The highest BCUT2D eigenvalue weighted by atomic mass is 16.4. The molecule has 46 valence electrons. The Morgan fingerprint density at radius 2 is 2.12 bits per heavy atom. The molecule has 1 saturated heterocycles. The van der Waals surface area contributed by atoms with Gasteiger partial charge >= 0.3 is 5.97 Å². The molecule has 0 radical (unpaired) electrons. The quantitative estimate of drug-likeness (QED) is 0.480. The molecule has 0 amide bonds. The first-order valence-corrected chi connectivity index (χ1v) is 2.59. The molecule has 1 N–H and O–H groups in total. The number of nitrogens with zero attached hydrogens (tertiary/aromatic N) is 1. The van der Waals surface area contributed by atoms with Crippen LogP contribution in [-0.2, 0) is 4.79 Å². The fraction of sp³-hybridized carbons (Fsp3) is 0.800. The van der Waals surface area contributed by atoms with Crippen molar-refractivity contribution < 1.29 is 9.90 Å². The summed E-state index contributed by atoms with van der Waals surface area (Å²) in [7, 11) is 1.81. The zero-order valence-electron chi connectivity index (χ0n) is 4.96. The van der Waals surface area contributed by atoms with Gasteiger partial charge in [0.15, 0.2) is 0 Å². The molecule has 0 spiro atoms. The molecule has 3 nitrogen and oxygen atoms in total. The van der Waals surface area contributed by atoms with Crippen LogP contribution < -0.4 is 0 Å². The van der Waals surface area contributed by atoms with E-state index in [4.69, 9.17) is 5.11 Å². The summed E-state index contributed by atoms with van der Waals surface area (Å²) in [6.45, 7) is 1.90. The van der Waals surface area contributed by atoms with Crippen LogP contribution in [0, 0.1) is 0 Å². The zero-order chi connectivity index (χ0) is 6.31. The van der Waals surface area contributed by atoms with Crippen LogP contribution in [0.2, 0.25) is 0 Å². The van der Waals surface area contributed by atoms with Crippen molar-refractivity contribution in [2.75, 3.05) is 7.05 Å². The standard InChI is InChI=1S/C5H9NO2/c1-3-4(5(7)8)6(3)2/h3-4H,1-2H3,(H,7,8)/t3-,4-,6?/m0/s1. The van der Waals surface area contributed by atoms with Crippen molar-refractivity contribution in [1.82, 2.24) is 4.90 Å². The molecule has 1 rings (SSSR count). The number of carboxylic acid groups (broad SMARTS) is 1. The second-order valence-electron chi connectivity index (χ2n) is 2.19. The van der Waals surface area contributed by atoms with Crippen LogP contribution in [-0.4, -0.2) is 35.1 Å². The van der Waals surface area contributed by atoms with Crippen LogP contribution in [0.25, 0.3) is 0 Å². The number of rotatable bonds is 1. The van der Waals surface area contributed by atoms with Crippen molar-refractivity contribution in [3.63, 3.8) is 0 Å². The van der Waals surface area contributed by atoms with Crippen molar-refractivity contribution >= 4 is 5.97 Å². The third kappa shape index (κ3) is 0.591. The van der Waals surface area contributed by atoms with E-state index in [9.17, 15) is 4.79 Å². The van der Waals surface area contributed by atoms with Crippen molar-refractivity contribution in [3.8, 4) is 0 Å². The summed E-state index contributed by atoms with van der Waals surface area (Å²) < 4.78 is 0. The smallest absolute Gasteiger partial charge is 0.322 e. The summed E-state index contributed by atoms with van der Waals surface area (Å²) in [6, 6.07) is 0.0301. The Labute approximate surface area is 47.9 Å². The van der Waals surface area contributed by atoms with Crippen molar-refractivity contribution in [1.29, 1.82) is 0 Å². The van der Waals surface area contributed by atoms with E-state index in [1.54, 1.807) is 0 Å². The van der Waals surface area contributed by atoms with E-state index in [1.165, 1.54) is 0 Å². The Kier molecular flexibility index (Phi) is 1.01. The zero-order valence-corrected chi connectivity index (χ0v) is 4.96. The Morgan fingerprint density at radius 1 is 1.75 bits per heavy atom. The summed E-state index contributed by atoms with van der Waals surface area (Å²) in [4.78, 5) is 11.9. The highest BCUT2D eigenvalue weighted by Gasteiger charge is 2.46. The number of carboxylic acids is 1. The van der Waals surface area contributed by atoms with Gasteiger partial charge in [-0.25, -0.2) is 0 Å². The fourth-order valence-electron chi connectivity index (χ4n) is 0.874. The molecule has 1 heterocycles. The van der Waals surface area contributed by atoms with Gasteiger partial charge in [-0.3, -0.25) is 9.69 Å². The second kappa shape index (κ2) is 1.45. The van der Waals surface area contributed by atoms with Crippen molar-refractivity contribution in [3.05, 3.63) is 0 Å². The third-order valence-electron chi connectivity index (χ3n) is 1.70. The Balaban J connectivity index is 2.44. The molecule has 8 heavy (non-hydrogen) atoms. The number of hydrogen-bond acceptors (Lipinski definition) is 2. The predicted octanol–water partition coefficient (Wildman–Crippen LogP) is -0.227. The molecule has 0 bridgehead atoms. The Hall–Kier alpha value is -0.570. The second-order valence-corrected chi connectivity index (χ2v) is 2.19. The molecule has 0 aromatic heterocycles. The largest absolute Gasteiger partial charge is 0.480 e. The lowest BCUT2D eigenvalue weighted by atomic mass is 10.4. The van der Waals surface area contributed by atoms with E-state index in [0.717, 1.165) is 0 Å². The van der Waals surface area contributed by atoms with Gasteiger partial charge in [-0.2, -0.15) is 0 Å². The van der Waals surface area contributed by atoms with Gasteiger partial charge in [0.2, 0.25) is 0 Å². The molecule has 1 fully saturated rings. The molecule has 3 atom stereocenters. The average molecular weight is 115 g/mol. The number of aliphatic carboxylic acids is 1. The van der Waals surface area contributed by atoms with Crippen molar-refractivity contribution in [2.45, 2.75) is 19.0 Å². The molecular weight excluding hydrogens is 106 g/mol. The van der Waals surface area contributed by atoms with Crippen LogP contribution in [0.5, 0.6) is 0 Å². The highest BCUT2D eigenvalue weighted by Crippen LogP contribution is 2.23. The van der Waals surface area contributed by atoms with E-state index in [-0.39, 0.29) is 12.1 Å². The van der Waals surface area contributed by atoms with E-state index < -0.39 is 5.97 Å². The fourth-order valence-corrected chi connectivity index (χ4v) is 0.874. The van der Waals surface area contributed by atoms with Gasteiger partial charge < -0.3 is 5.11 Å². The first kappa shape index (κ1) is 5.56. The lowest BCUT2D eigenvalue weighted by Crippen LogP contribution is -2.08. The summed E-state index contributed by atoms with van der Waals surface area (Å²) in [5.41, 5.74) is 0. The summed E-state index contributed by atoms with van der Waals surface area (Å²) in [6.07, 6.45) is 0. The third-order valence-corrected chi connectivity index (χ3v) is 1.70. The van der Waals surface area contributed by atoms with Crippen molar-refractivity contribution in [2.24, 2.45) is 0 Å². The van der Waals surface area contributed by atoms with E-state index in [2.05, 4.69) is 0 Å². The van der Waals surface area contributed by atoms with E-state index in [1.807, 2.05) is 18.9 Å². The first-order chi connectivity index (χ1) is 3.64. The van der Waals surface area contributed by atoms with Gasteiger partial charge in [-0.15, -0.1) is 0 Å². The molecule has 0 aromatic rings. The summed E-state index contributed by atoms with van der Waals surface area (Å²) in [5, 5.41) is 8.35. The summed E-state index contributed by atoms with van der Waals surface area (Å²) >= 11 is 0. The highest BCUT2D eigenvalue weighted by molar-refractivity contribution is 5.77. The lowest BCUT2D eigenvalue weighted by Gasteiger charge is -1.82. The molecular formula is C5H9NO2. The van der Waals surface area contributed by atoms with Gasteiger partial charge in [-0.05, 0) is 14.0 Å². The molecule has 1 aliphatic heterocycles. The monoisotopic (exact) mass is 115 g/mol. The minimum atomic E-state index is -0.708. The first-order valence-electron chi connectivity index (χ1n) is 2.59. The Bertz CT molecular complexity index is 116. The van der Waals surface area contributed by atoms with Crippen LogP contribution in [0.3, 0.4) is 0 Å². The maximum atomic E-state index is 10.1. The van der Waals surface area contributed by atoms with Gasteiger partial charge in [-0.1, -0.05) is 0 Å². The van der Waals surface area contributed by atoms with Gasteiger partial charge in [0, 0.05) is 6.04 Å². The topological polar surface area (TPSA) is 40.3 Å². The van der Waals surface area contributed by atoms with Crippen LogP contribution in [0.4, 0.5) is 0 Å². The van der Waals surface area contributed by atoms with Gasteiger partial charge in [0.1, 0.15) is 6.04 Å². The van der Waals surface area contributed by atoms with Crippen LogP contribution >= 0.6 is 0 Å². The Morgan fingerprint density at radius 3 is 2.12 bits per heavy atom. The number of likely N-dealkylation sites (N-methyl/N-ethyl adjacent to an activating group) is 1. The maximum Gasteiger partial charge on any atom is 0.322 e. The van der Waals surface area contributed by atoms with Gasteiger partial charge in [0.05, 0.1) is 0 Å². The van der Waals surface area contributed by atoms with E-state index in [0.29, 0.717) is 0 Å². The molecule has 1 aliphatic rings. The normalized spacial score (nSPS) is 44.0. The van der Waals surface area contributed by atoms with E-state index >= 15 is 0 Å². The van der Waals surface area contributed by atoms with Gasteiger partial charge in [0.25, 0.3) is 0 Å². The molecule has 1 unspecified atom stereocenters. The minimum absolute atomic E-state index is 0.213. The predicted molar refractivity (Wildman–Crippen MR) is 28.6 cm³/mol. The molecule has 0 aromatic carbocycles. The van der Waals surface area contributed by atoms with Crippen LogP contribution in [0.15, 0.2) is 0 Å². The number of hydrogen-bond donors (Lipinski definition) is 1. The molecule has 0 saturated carbocycles. The molecule has 3 heteroatoms.